The molecular weight excluding hydrogens is 337 g/mol. The average molecular weight is 370 g/mol. The summed E-state index contributed by atoms with van der Waals surface area (Å²) >= 11 is 0. The summed E-state index contributed by atoms with van der Waals surface area (Å²) in [5.74, 6) is 1.32. The fraction of sp³-hybridized carbons (Fsp3) is 0.938. The van der Waals surface area contributed by atoms with E-state index >= 15 is 0 Å². The molecule has 2 N–H and O–H groups in total. The van der Waals surface area contributed by atoms with Crippen LogP contribution in [0.5, 0.6) is 0 Å². The second-order valence-electron chi connectivity index (χ2n) is 6.67. The monoisotopic (exact) mass is 369 g/mol. The molecule has 0 spiro atoms. The minimum Gasteiger partial charge on any atom is -0.379 e. The molecule has 3 atom stereocenters. The topological polar surface area (TPSA) is 53.6 Å². The van der Waals surface area contributed by atoms with Crippen molar-refractivity contribution >= 4 is 30.7 Å². The summed E-state index contributed by atoms with van der Waals surface area (Å²) < 4.78 is 5.35. The summed E-state index contributed by atoms with van der Waals surface area (Å²) in [6.45, 7) is 11.0. The van der Waals surface area contributed by atoms with Gasteiger partial charge in [-0.25, -0.2) is 0 Å². The van der Waals surface area contributed by atoms with Gasteiger partial charge in [-0.05, 0) is 44.7 Å². The van der Waals surface area contributed by atoms with Crippen molar-refractivity contribution < 1.29 is 9.53 Å². The molecule has 0 bridgehead atoms. The first-order chi connectivity index (χ1) is 10.1. The van der Waals surface area contributed by atoms with E-state index in [-0.39, 0.29) is 36.8 Å². The fourth-order valence-corrected chi connectivity index (χ4v) is 3.37. The Hall–Kier alpha value is -0.0700. The lowest BCUT2D eigenvalue weighted by Gasteiger charge is -2.30. The first kappa shape index (κ1) is 22.9. The first-order valence-electron chi connectivity index (χ1n) is 8.45. The number of nitrogens with zero attached hydrogens (tertiary/aromatic N) is 1. The second-order valence-corrected chi connectivity index (χ2v) is 6.67. The van der Waals surface area contributed by atoms with Crippen LogP contribution in [0.2, 0.25) is 0 Å². The Morgan fingerprint density at radius 3 is 2.61 bits per heavy atom. The SMILES string of the molecule is CC(CN1CCOCC1)NC(=O)CC(C)C1CCCNC1.Cl.Cl. The van der Waals surface area contributed by atoms with Crippen LogP contribution in [0, 0.1) is 11.8 Å². The Bertz CT molecular complexity index is 322. The van der Waals surface area contributed by atoms with E-state index in [0.717, 1.165) is 45.9 Å². The Morgan fingerprint density at radius 2 is 2.00 bits per heavy atom. The van der Waals surface area contributed by atoms with E-state index in [4.69, 9.17) is 4.74 Å². The maximum absolute atomic E-state index is 12.2. The lowest BCUT2D eigenvalue weighted by atomic mass is 9.85. The van der Waals surface area contributed by atoms with E-state index in [1.165, 1.54) is 12.8 Å². The van der Waals surface area contributed by atoms with Gasteiger partial charge < -0.3 is 15.4 Å². The molecule has 5 nitrogen and oxygen atoms in total. The highest BCUT2D eigenvalue weighted by Gasteiger charge is 2.23. The molecule has 2 saturated heterocycles. The average Bonchev–Trinajstić information content (AvgIpc) is 2.48. The number of halogens is 2. The predicted molar refractivity (Wildman–Crippen MR) is 98.7 cm³/mol. The Balaban J connectivity index is 0.00000242. The molecule has 23 heavy (non-hydrogen) atoms. The Morgan fingerprint density at radius 1 is 1.30 bits per heavy atom. The number of amides is 1. The van der Waals surface area contributed by atoms with Crippen molar-refractivity contribution in [3.8, 4) is 0 Å². The van der Waals surface area contributed by atoms with Crippen LogP contribution in [-0.4, -0.2) is 62.8 Å². The third kappa shape index (κ3) is 8.54. The minimum atomic E-state index is 0. The highest BCUT2D eigenvalue weighted by Crippen LogP contribution is 2.22. The molecule has 0 aromatic carbocycles. The normalized spacial score (nSPS) is 24.7. The number of carbonyl (C=O) groups is 1. The molecule has 2 aliphatic heterocycles. The molecule has 0 aromatic rings. The number of hydrogen-bond donors (Lipinski definition) is 2. The van der Waals surface area contributed by atoms with E-state index in [2.05, 4.69) is 29.4 Å². The molecule has 0 aromatic heterocycles. The highest BCUT2D eigenvalue weighted by molar-refractivity contribution is 5.85. The zero-order valence-corrected chi connectivity index (χ0v) is 16.0. The number of carbonyl (C=O) groups excluding carboxylic acids is 1. The summed E-state index contributed by atoms with van der Waals surface area (Å²) in [5, 5.41) is 6.59. The van der Waals surface area contributed by atoms with E-state index < -0.39 is 0 Å². The van der Waals surface area contributed by atoms with Crippen molar-refractivity contribution in [2.45, 2.75) is 39.2 Å². The summed E-state index contributed by atoms with van der Waals surface area (Å²) in [5.41, 5.74) is 0. The van der Waals surface area contributed by atoms with Gasteiger partial charge in [0.15, 0.2) is 0 Å². The molecular formula is C16H33Cl2N3O2. The predicted octanol–water partition coefficient (Wildman–Crippen LogP) is 1.69. The van der Waals surface area contributed by atoms with Gasteiger partial charge in [-0.15, -0.1) is 24.8 Å². The van der Waals surface area contributed by atoms with Gasteiger partial charge in [0.05, 0.1) is 13.2 Å². The maximum Gasteiger partial charge on any atom is 0.220 e. The lowest BCUT2D eigenvalue weighted by Crippen LogP contribution is -2.46. The molecule has 0 radical (unpaired) electrons. The summed E-state index contributed by atoms with van der Waals surface area (Å²) in [7, 11) is 0. The van der Waals surface area contributed by atoms with Crippen molar-refractivity contribution in [3.05, 3.63) is 0 Å². The van der Waals surface area contributed by atoms with Crippen molar-refractivity contribution in [1.82, 2.24) is 15.5 Å². The standard InChI is InChI=1S/C16H31N3O2.2ClH/c1-13(15-4-3-5-17-11-15)10-16(20)18-14(2)12-19-6-8-21-9-7-19;;/h13-15,17H,3-12H2,1-2H3,(H,18,20);2*1H. The molecule has 2 rings (SSSR count). The number of piperidine rings is 1. The van der Waals surface area contributed by atoms with Gasteiger partial charge in [-0.1, -0.05) is 6.92 Å². The van der Waals surface area contributed by atoms with E-state index in [1.807, 2.05) is 0 Å². The smallest absolute Gasteiger partial charge is 0.220 e. The van der Waals surface area contributed by atoms with E-state index in [1.54, 1.807) is 0 Å². The van der Waals surface area contributed by atoms with Crippen molar-refractivity contribution in [1.29, 1.82) is 0 Å². The molecule has 2 heterocycles. The Kier molecular flexibility index (Phi) is 12.3. The molecule has 3 unspecified atom stereocenters. The fourth-order valence-electron chi connectivity index (χ4n) is 3.37. The largest absolute Gasteiger partial charge is 0.379 e. The number of hydrogen-bond acceptors (Lipinski definition) is 4. The van der Waals surface area contributed by atoms with Gasteiger partial charge in [0.25, 0.3) is 0 Å². The summed E-state index contributed by atoms with van der Waals surface area (Å²) in [6, 6.07) is 0.215. The second kappa shape index (κ2) is 12.3. The first-order valence-corrected chi connectivity index (χ1v) is 8.45. The third-order valence-corrected chi connectivity index (χ3v) is 4.69. The quantitative estimate of drug-likeness (QED) is 0.747. The molecule has 2 fully saturated rings. The van der Waals surface area contributed by atoms with Gasteiger partial charge in [0, 0.05) is 32.1 Å². The van der Waals surface area contributed by atoms with Gasteiger partial charge in [0.2, 0.25) is 5.91 Å². The van der Waals surface area contributed by atoms with Crippen LogP contribution in [0.4, 0.5) is 0 Å². The van der Waals surface area contributed by atoms with Crippen LogP contribution in [0.15, 0.2) is 0 Å². The van der Waals surface area contributed by atoms with E-state index in [9.17, 15) is 4.79 Å². The Labute approximate surface area is 153 Å². The molecule has 1 amide bonds. The van der Waals surface area contributed by atoms with Crippen molar-refractivity contribution in [2.24, 2.45) is 11.8 Å². The van der Waals surface area contributed by atoms with Crippen molar-refractivity contribution in [3.63, 3.8) is 0 Å². The number of morpholine rings is 1. The number of ether oxygens (including phenoxy) is 1. The third-order valence-electron chi connectivity index (χ3n) is 4.69. The van der Waals surface area contributed by atoms with Crippen LogP contribution in [0.25, 0.3) is 0 Å². The van der Waals surface area contributed by atoms with Gasteiger partial charge in [-0.3, -0.25) is 9.69 Å². The zero-order chi connectivity index (χ0) is 15.1. The molecule has 138 valence electrons. The van der Waals surface area contributed by atoms with Crippen LogP contribution in [-0.2, 0) is 9.53 Å². The summed E-state index contributed by atoms with van der Waals surface area (Å²) in [6.07, 6.45) is 3.15. The van der Waals surface area contributed by atoms with Crippen LogP contribution in [0.1, 0.15) is 33.1 Å². The van der Waals surface area contributed by atoms with Gasteiger partial charge in [0.1, 0.15) is 0 Å². The molecule has 0 aliphatic carbocycles. The lowest BCUT2D eigenvalue weighted by molar-refractivity contribution is -0.123. The maximum atomic E-state index is 12.2. The molecule has 0 saturated carbocycles. The van der Waals surface area contributed by atoms with Crippen LogP contribution >= 0.6 is 24.8 Å². The number of rotatable bonds is 6. The minimum absolute atomic E-state index is 0. The van der Waals surface area contributed by atoms with E-state index in [0.29, 0.717) is 18.3 Å². The highest BCUT2D eigenvalue weighted by atomic mass is 35.5. The molecule has 7 heteroatoms. The van der Waals surface area contributed by atoms with Gasteiger partial charge in [-0.2, -0.15) is 0 Å². The van der Waals surface area contributed by atoms with Crippen LogP contribution < -0.4 is 10.6 Å². The number of nitrogens with one attached hydrogen (secondary N) is 2. The summed E-state index contributed by atoms with van der Waals surface area (Å²) in [4.78, 5) is 14.5. The van der Waals surface area contributed by atoms with Gasteiger partial charge >= 0.3 is 0 Å². The van der Waals surface area contributed by atoms with Crippen LogP contribution in [0.3, 0.4) is 0 Å². The molecule has 2 aliphatic rings. The zero-order valence-electron chi connectivity index (χ0n) is 14.4. The van der Waals surface area contributed by atoms with Crippen molar-refractivity contribution in [2.75, 3.05) is 45.9 Å².